The Morgan fingerprint density at radius 2 is 2.15 bits per heavy atom. The van der Waals surface area contributed by atoms with Crippen molar-refractivity contribution in [3.05, 3.63) is 28.1 Å². The Bertz CT molecular complexity index is 666. The number of sulfonamides is 1. The molecule has 20 heavy (non-hydrogen) atoms. The molecule has 1 aromatic carbocycles. The predicted molar refractivity (Wildman–Crippen MR) is 68.0 cm³/mol. The monoisotopic (exact) mass is 302 g/mol. The lowest BCUT2D eigenvalue weighted by Crippen LogP contribution is -2.15. The number of rotatable bonds is 6. The summed E-state index contributed by atoms with van der Waals surface area (Å²) in [5.41, 5.74) is -0.684. The van der Waals surface area contributed by atoms with Gasteiger partial charge in [0.1, 0.15) is 10.7 Å². The van der Waals surface area contributed by atoms with Crippen LogP contribution in [0.5, 0.6) is 5.75 Å². The second-order valence-corrected chi connectivity index (χ2v) is 5.24. The molecule has 0 aliphatic carbocycles. The zero-order valence-electron chi connectivity index (χ0n) is 10.2. The van der Waals surface area contributed by atoms with Crippen LogP contribution in [-0.4, -0.2) is 19.9 Å². The Labute approximate surface area is 114 Å². The highest BCUT2D eigenvalue weighted by Crippen LogP contribution is 2.31. The molecule has 0 fully saturated rings. The lowest BCUT2D eigenvalue weighted by molar-refractivity contribution is -0.386. The van der Waals surface area contributed by atoms with Crippen LogP contribution in [0.3, 0.4) is 0 Å². The quantitative estimate of drug-likeness (QED) is 0.367. The molecule has 0 aliphatic heterocycles. The van der Waals surface area contributed by atoms with E-state index in [4.69, 9.17) is 16.3 Å². The van der Waals surface area contributed by atoms with Crippen molar-refractivity contribution in [2.45, 2.75) is 17.7 Å². The van der Waals surface area contributed by atoms with Crippen LogP contribution in [0.2, 0.25) is 0 Å². The predicted octanol–water partition coefficient (Wildman–Crippen LogP) is 1.17. The average molecular weight is 302 g/mol. The Morgan fingerprint density at radius 3 is 2.65 bits per heavy atom. The fourth-order valence-electron chi connectivity index (χ4n) is 1.36. The molecular formula is C11H11FN2O5S. The minimum atomic E-state index is -4.40. The summed E-state index contributed by atoms with van der Waals surface area (Å²) in [7, 11) is -4.40. The van der Waals surface area contributed by atoms with Gasteiger partial charge in [-0.25, -0.2) is 17.9 Å². The molecule has 1 aromatic rings. The topological polar surface area (TPSA) is 113 Å². The molecule has 0 saturated carbocycles. The Hall–Kier alpha value is -2.18. The molecule has 1 rings (SSSR count). The molecule has 0 radical (unpaired) electrons. The van der Waals surface area contributed by atoms with E-state index in [0.717, 1.165) is 0 Å². The smallest absolute Gasteiger partial charge is 0.312 e. The van der Waals surface area contributed by atoms with Gasteiger partial charge in [-0.3, -0.25) is 10.1 Å². The van der Waals surface area contributed by atoms with Crippen molar-refractivity contribution in [3.63, 3.8) is 0 Å². The van der Waals surface area contributed by atoms with Gasteiger partial charge < -0.3 is 4.74 Å². The maximum Gasteiger partial charge on any atom is 0.312 e. The van der Waals surface area contributed by atoms with Crippen LogP contribution < -0.4 is 9.88 Å². The van der Waals surface area contributed by atoms with Gasteiger partial charge in [-0.15, -0.1) is 12.3 Å². The van der Waals surface area contributed by atoms with Crippen LogP contribution >= 0.6 is 0 Å². The SMILES string of the molecule is C#CCCCOc1cc(F)c(S(N)(=O)=O)cc1[N+](=O)[O-]. The summed E-state index contributed by atoms with van der Waals surface area (Å²) in [6, 6.07) is 1.15. The van der Waals surface area contributed by atoms with Crippen LogP contribution in [0.25, 0.3) is 0 Å². The molecule has 9 heteroatoms. The number of terminal acetylenes is 1. The van der Waals surface area contributed by atoms with E-state index < -0.39 is 31.3 Å². The highest BCUT2D eigenvalue weighted by molar-refractivity contribution is 7.89. The number of ether oxygens (including phenoxy) is 1. The number of nitro groups is 1. The van der Waals surface area contributed by atoms with Crippen molar-refractivity contribution in [1.82, 2.24) is 0 Å². The molecule has 0 saturated heterocycles. The van der Waals surface area contributed by atoms with E-state index in [-0.39, 0.29) is 12.4 Å². The molecule has 0 aromatic heterocycles. The van der Waals surface area contributed by atoms with Gasteiger partial charge in [0, 0.05) is 18.6 Å². The number of benzene rings is 1. The second-order valence-electron chi connectivity index (χ2n) is 3.71. The van der Waals surface area contributed by atoms with Crippen LogP contribution in [-0.2, 0) is 10.0 Å². The minimum Gasteiger partial charge on any atom is -0.487 e. The Morgan fingerprint density at radius 1 is 1.50 bits per heavy atom. The van der Waals surface area contributed by atoms with Crippen molar-refractivity contribution in [1.29, 1.82) is 0 Å². The first-order valence-electron chi connectivity index (χ1n) is 5.34. The summed E-state index contributed by atoms with van der Waals surface area (Å²) in [6.07, 6.45) is 5.84. The van der Waals surface area contributed by atoms with Crippen molar-refractivity contribution >= 4 is 15.7 Å². The maximum absolute atomic E-state index is 13.6. The van der Waals surface area contributed by atoms with Crippen molar-refractivity contribution in [2.75, 3.05) is 6.61 Å². The number of nitro benzene ring substituents is 1. The van der Waals surface area contributed by atoms with Crippen LogP contribution in [0, 0.1) is 28.3 Å². The fraction of sp³-hybridized carbons (Fsp3) is 0.273. The summed E-state index contributed by atoms with van der Waals surface area (Å²) >= 11 is 0. The number of nitrogens with zero attached hydrogens (tertiary/aromatic N) is 1. The Balaban J connectivity index is 3.16. The van der Waals surface area contributed by atoms with Gasteiger partial charge >= 0.3 is 5.69 Å². The number of unbranched alkanes of at least 4 members (excludes halogenated alkanes) is 1. The van der Waals surface area contributed by atoms with Gasteiger partial charge in [0.25, 0.3) is 0 Å². The normalized spacial score (nSPS) is 10.8. The number of halogens is 1. The lowest BCUT2D eigenvalue weighted by Gasteiger charge is -2.08. The van der Waals surface area contributed by atoms with Crippen molar-refractivity contribution in [3.8, 4) is 18.1 Å². The fourth-order valence-corrected chi connectivity index (χ4v) is 1.96. The van der Waals surface area contributed by atoms with Crippen LogP contribution in [0.4, 0.5) is 10.1 Å². The standard InChI is InChI=1S/C11H11FN2O5S/c1-2-3-4-5-19-10-6-8(12)11(20(13,17)18)7-9(10)14(15)16/h1,6-7H,3-5H2,(H2,13,17,18). The van der Waals surface area contributed by atoms with Gasteiger partial charge in [0.15, 0.2) is 5.75 Å². The molecule has 2 N–H and O–H groups in total. The molecule has 108 valence electrons. The van der Waals surface area contributed by atoms with E-state index in [1.165, 1.54) is 0 Å². The van der Waals surface area contributed by atoms with E-state index in [1.54, 1.807) is 0 Å². The summed E-state index contributed by atoms with van der Waals surface area (Å²) in [5, 5.41) is 15.6. The number of hydrogen-bond donors (Lipinski definition) is 1. The second kappa shape index (κ2) is 6.31. The summed E-state index contributed by atoms with van der Waals surface area (Å²) < 4.78 is 40.8. The number of primary sulfonamides is 1. The molecule has 0 atom stereocenters. The maximum atomic E-state index is 13.6. The largest absolute Gasteiger partial charge is 0.487 e. The summed E-state index contributed by atoms with van der Waals surface area (Å²) in [5.74, 6) is 0.753. The van der Waals surface area contributed by atoms with Gasteiger partial charge in [-0.05, 0) is 6.42 Å². The number of hydrogen-bond acceptors (Lipinski definition) is 5. The van der Waals surface area contributed by atoms with Gasteiger partial charge in [-0.2, -0.15) is 0 Å². The summed E-state index contributed by atoms with van der Waals surface area (Å²) in [4.78, 5) is 8.99. The lowest BCUT2D eigenvalue weighted by atomic mass is 10.3. The third kappa shape index (κ3) is 3.91. The zero-order chi connectivity index (χ0) is 15.3. The number of nitrogens with two attached hydrogens (primary N) is 1. The van der Waals surface area contributed by atoms with Gasteiger partial charge in [0.05, 0.1) is 11.5 Å². The molecule has 0 bridgehead atoms. The summed E-state index contributed by atoms with van der Waals surface area (Å²) in [6.45, 7) is 0.0409. The molecule has 7 nitrogen and oxygen atoms in total. The van der Waals surface area contributed by atoms with Crippen LogP contribution in [0.15, 0.2) is 17.0 Å². The molecule has 0 unspecified atom stereocenters. The van der Waals surface area contributed by atoms with Gasteiger partial charge in [0.2, 0.25) is 10.0 Å². The first-order valence-corrected chi connectivity index (χ1v) is 6.89. The highest BCUT2D eigenvalue weighted by atomic mass is 32.2. The van der Waals surface area contributed by atoms with E-state index in [2.05, 4.69) is 5.92 Å². The first kappa shape index (κ1) is 15.9. The average Bonchev–Trinajstić information content (AvgIpc) is 2.32. The zero-order valence-corrected chi connectivity index (χ0v) is 11.0. The molecule has 0 heterocycles. The molecular weight excluding hydrogens is 291 g/mol. The van der Waals surface area contributed by atoms with E-state index in [9.17, 15) is 22.9 Å². The van der Waals surface area contributed by atoms with E-state index in [0.29, 0.717) is 25.0 Å². The third-order valence-corrected chi connectivity index (χ3v) is 3.17. The van der Waals surface area contributed by atoms with Crippen molar-refractivity contribution < 1.29 is 22.5 Å². The van der Waals surface area contributed by atoms with E-state index in [1.807, 2.05) is 0 Å². The third-order valence-electron chi connectivity index (χ3n) is 2.24. The molecule has 0 aliphatic rings. The highest BCUT2D eigenvalue weighted by Gasteiger charge is 2.24. The minimum absolute atomic E-state index is 0.0409. The van der Waals surface area contributed by atoms with Gasteiger partial charge in [-0.1, -0.05) is 0 Å². The van der Waals surface area contributed by atoms with Crippen LogP contribution in [0.1, 0.15) is 12.8 Å². The molecule has 0 amide bonds. The Kier molecular flexibility index (Phi) is 5.01. The van der Waals surface area contributed by atoms with Crippen molar-refractivity contribution in [2.24, 2.45) is 5.14 Å². The van der Waals surface area contributed by atoms with E-state index >= 15 is 0 Å². The molecule has 0 spiro atoms. The first-order chi connectivity index (χ1) is 9.27.